The van der Waals surface area contributed by atoms with E-state index in [0.717, 1.165) is 16.5 Å². The second-order valence-electron chi connectivity index (χ2n) is 6.49. The Morgan fingerprint density at radius 1 is 1.17 bits per heavy atom. The second-order valence-corrected chi connectivity index (χ2v) is 9.91. The lowest BCUT2D eigenvalue weighted by Gasteiger charge is -2.17. The topological polar surface area (TPSA) is 75.3 Å². The van der Waals surface area contributed by atoms with Crippen LogP contribution in [0.3, 0.4) is 0 Å². The standard InChI is InChI=1S/C21H24Cl2N2O3S2/c1-29-13-10-20(25-30(27,28)14-11-16-5-3-2-4-6-16)21(26)24-12-9-17-7-8-18(22)15-19(17)23/h2-8,11,14-15,20,25H,9-10,12-13H2,1H3,(H,24,26)/b14-11+. The predicted molar refractivity (Wildman–Crippen MR) is 127 cm³/mol. The van der Waals surface area contributed by atoms with Crippen LogP contribution >= 0.6 is 35.0 Å². The van der Waals surface area contributed by atoms with Crippen LogP contribution in [0, 0.1) is 0 Å². The highest BCUT2D eigenvalue weighted by Gasteiger charge is 2.22. The largest absolute Gasteiger partial charge is 0.354 e. The van der Waals surface area contributed by atoms with E-state index in [2.05, 4.69) is 10.0 Å². The van der Waals surface area contributed by atoms with Gasteiger partial charge in [-0.1, -0.05) is 59.6 Å². The molecule has 0 saturated heterocycles. The zero-order chi connectivity index (χ0) is 22.0. The van der Waals surface area contributed by atoms with Crippen LogP contribution in [0.2, 0.25) is 10.0 Å². The highest BCUT2D eigenvalue weighted by molar-refractivity contribution is 7.98. The van der Waals surface area contributed by atoms with Gasteiger partial charge in [-0.25, -0.2) is 8.42 Å². The average Bonchev–Trinajstić information content (AvgIpc) is 2.72. The van der Waals surface area contributed by atoms with E-state index in [-0.39, 0.29) is 5.91 Å². The van der Waals surface area contributed by atoms with Crippen LogP contribution in [-0.4, -0.2) is 38.9 Å². The van der Waals surface area contributed by atoms with Gasteiger partial charge in [-0.05, 0) is 54.2 Å². The van der Waals surface area contributed by atoms with E-state index in [1.807, 2.05) is 24.5 Å². The van der Waals surface area contributed by atoms with Crippen molar-refractivity contribution in [1.82, 2.24) is 10.0 Å². The lowest BCUT2D eigenvalue weighted by Crippen LogP contribution is -2.46. The van der Waals surface area contributed by atoms with Crippen molar-refractivity contribution < 1.29 is 13.2 Å². The zero-order valence-electron chi connectivity index (χ0n) is 16.5. The predicted octanol–water partition coefficient (Wildman–Crippen LogP) is 4.36. The molecular formula is C21H24Cl2N2O3S2. The van der Waals surface area contributed by atoms with Crippen LogP contribution in [0.5, 0.6) is 0 Å². The Morgan fingerprint density at radius 2 is 1.90 bits per heavy atom. The molecule has 1 atom stereocenters. The maximum Gasteiger partial charge on any atom is 0.238 e. The Hall–Kier alpha value is -1.51. The Kier molecular flexibility index (Phi) is 10.2. The van der Waals surface area contributed by atoms with Crippen molar-refractivity contribution in [2.45, 2.75) is 18.9 Å². The van der Waals surface area contributed by atoms with Gasteiger partial charge in [0.1, 0.15) is 6.04 Å². The van der Waals surface area contributed by atoms with Gasteiger partial charge >= 0.3 is 0 Å². The second kappa shape index (κ2) is 12.4. The molecule has 0 spiro atoms. The van der Waals surface area contributed by atoms with Gasteiger partial charge in [0.2, 0.25) is 15.9 Å². The molecule has 2 aromatic rings. The SMILES string of the molecule is CSCCC(NS(=O)(=O)/C=C/c1ccccc1)C(=O)NCCc1ccc(Cl)cc1Cl. The van der Waals surface area contributed by atoms with Gasteiger partial charge in [0.25, 0.3) is 0 Å². The number of nitrogens with one attached hydrogen (secondary N) is 2. The van der Waals surface area contributed by atoms with Crippen LogP contribution in [0.15, 0.2) is 53.9 Å². The Labute approximate surface area is 192 Å². The summed E-state index contributed by atoms with van der Waals surface area (Å²) < 4.78 is 27.4. The smallest absolute Gasteiger partial charge is 0.238 e. The molecule has 0 aliphatic carbocycles. The van der Waals surface area contributed by atoms with E-state index >= 15 is 0 Å². The summed E-state index contributed by atoms with van der Waals surface area (Å²) in [5.41, 5.74) is 1.61. The van der Waals surface area contributed by atoms with Crippen molar-refractivity contribution in [3.05, 3.63) is 75.1 Å². The quantitative estimate of drug-likeness (QED) is 0.494. The number of carbonyl (C=O) groups excluding carboxylic acids is 1. The molecule has 9 heteroatoms. The maximum atomic E-state index is 12.6. The average molecular weight is 487 g/mol. The molecule has 0 saturated carbocycles. The van der Waals surface area contributed by atoms with E-state index in [1.165, 1.54) is 6.08 Å². The summed E-state index contributed by atoms with van der Waals surface area (Å²) in [6.45, 7) is 0.331. The third kappa shape index (κ3) is 8.70. The zero-order valence-corrected chi connectivity index (χ0v) is 19.6. The molecular weight excluding hydrogens is 463 g/mol. The summed E-state index contributed by atoms with van der Waals surface area (Å²) in [5.74, 6) is 0.275. The molecule has 162 valence electrons. The van der Waals surface area contributed by atoms with E-state index in [9.17, 15) is 13.2 Å². The first kappa shape index (κ1) is 24.8. The Balaban J connectivity index is 1.97. The number of halogens is 2. The monoisotopic (exact) mass is 486 g/mol. The van der Waals surface area contributed by atoms with Crippen molar-refractivity contribution in [1.29, 1.82) is 0 Å². The number of thioether (sulfide) groups is 1. The summed E-state index contributed by atoms with van der Waals surface area (Å²) in [5, 5.41) is 4.94. The summed E-state index contributed by atoms with van der Waals surface area (Å²) in [6.07, 6.45) is 4.29. The minimum atomic E-state index is -3.78. The molecule has 2 rings (SSSR count). The normalized spacial score (nSPS) is 12.8. The van der Waals surface area contributed by atoms with E-state index < -0.39 is 16.1 Å². The lowest BCUT2D eigenvalue weighted by molar-refractivity contribution is -0.122. The minimum absolute atomic E-state index is 0.331. The van der Waals surface area contributed by atoms with Crippen molar-refractivity contribution in [2.24, 2.45) is 0 Å². The van der Waals surface area contributed by atoms with E-state index in [0.29, 0.717) is 35.2 Å². The van der Waals surface area contributed by atoms with Gasteiger partial charge in [0.15, 0.2) is 0 Å². The molecule has 5 nitrogen and oxygen atoms in total. The van der Waals surface area contributed by atoms with Gasteiger partial charge in [0.05, 0.1) is 0 Å². The number of amides is 1. The molecule has 2 aromatic carbocycles. The van der Waals surface area contributed by atoms with Crippen LogP contribution in [0.1, 0.15) is 17.5 Å². The van der Waals surface area contributed by atoms with Gasteiger partial charge in [-0.15, -0.1) is 0 Å². The molecule has 1 amide bonds. The minimum Gasteiger partial charge on any atom is -0.354 e. The van der Waals surface area contributed by atoms with E-state index in [4.69, 9.17) is 23.2 Å². The number of hydrogen-bond acceptors (Lipinski definition) is 4. The third-order valence-corrected chi connectivity index (χ3v) is 6.52. The third-order valence-electron chi connectivity index (χ3n) is 4.18. The summed E-state index contributed by atoms with van der Waals surface area (Å²) >= 11 is 13.6. The highest BCUT2D eigenvalue weighted by Crippen LogP contribution is 2.21. The van der Waals surface area contributed by atoms with Crippen LogP contribution in [-0.2, 0) is 21.2 Å². The van der Waals surface area contributed by atoms with Crippen molar-refractivity contribution in [3.8, 4) is 0 Å². The first-order chi connectivity index (χ1) is 14.3. The van der Waals surface area contributed by atoms with Gasteiger partial charge in [-0.2, -0.15) is 16.5 Å². The lowest BCUT2D eigenvalue weighted by atomic mass is 10.1. The molecule has 1 unspecified atom stereocenters. The fraction of sp³-hybridized carbons (Fsp3) is 0.286. The Morgan fingerprint density at radius 3 is 2.57 bits per heavy atom. The molecule has 30 heavy (non-hydrogen) atoms. The van der Waals surface area contributed by atoms with Crippen LogP contribution in [0.25, 0.3) is 6.08 Å². The van der Waals surface area contributed by atoms with Gasteiger partial charge in [0, 0.05) is 22.0 Å². The molecule has 0 bridgehead atoms. The summed E-state index contributed by atoms with van der Waals surface area (Å²) in [4.78, 5) is 12.6. The van der Waals surface area contributed by atoms with Crippen LogP contribution < -0.4 is 10.0 Å². The first-order valence-electron chi connectivity index (χ1n) is 9.27. The molecule has 2 N–H and O–H groups in total. The van der Waals surface area contributed by atoms with Crippen LogP contribution in [0.4, 0.5) is 0 Å². The maximum absolute atomic E-state index is 12.6. The molecule has 0 aromatic heterocycles. The van der Waals surface area contributed by atoms with E-state index in [1.54, 1.807) is 42.1 Å². The van der Waals surface area contributed by atoms with Gasteiger partial charge in [-0.3, -0.25) is 4.79 Å². The van der Waals surface area contributed by atoms with Crippen molar-refractivity contribution in [2.75, 3.05) is 18.6 Å². The fourth-order valence-corrected chi connectivity index (χ4v) is 4.63. The van der Waals surface area contributed by atoms with Gasteiger partial charge < -0.3 is 5.32 Å². The number of rotatable bonds is 11. The fourth-order valence-electron chi connectivity index (χ4n) is 2.62. The van der Waals surface area contributed by atoms with Crippen molar-refractivity contribution >= 4 is 57.0 Å². The van der Waals surface area contributed by atoms with Crippen molar-refractivity contribution in [3.63, 3.8) is 0 Å². The highest BCUT2D eigenvalue weighted by atomic mass is 35.5. The molecule has 0 radical (unpaired) electrons. The number of hydrogen-bond donors (Lipinski definition) is 2. The number of carbonyl (C=O) groups is 1. The molecule has 0 aliphatic heterocycles. The Bertz CT molecular complexity index is 967. The summed E-state index contributed by atoms with van der Waals surface area (Å²) in [6, 6.07) is 13.4. The number of benzene rings is 2. The molecule has 0 aliphatic rings. The summed E-state index contributed by atoms with van der Waals surface area (Å²) in [7, 11) is -3.78. The first-order valence-corrected chi connectivity index (χ1v) is 13.0. The molecule has 0 heterocycles. The molecule has 0 fully saturated rings. The number of sulfonamides is 1.